The first kappa shape index (κ1) is 16.7. The number of thioether (sulfide) groups is 1. The number of hydrogen-bond donors (Lipinski definition) is 1. The van der Waals surface area contributed by atoms with Crippen LogP contribution in [0.3, 0.4) is 0 Å². The van der Waals surface area contributed by atoms with E-state index >= 15 is 0 Å². The van der Waals surface area contributed by atoms with Crippen LogP contribution in [-0.4, -0.2) is 10.5 Å². The van der Waals surface area contributed by atoms with E-state index in [2.05, 4.69) is 6.07 Å². The predicted octanol–water partition coefficient (Wildman–Crippen LogP) is 2.65. The van der Waals surface area contributed by atoms with Crippen molar-refractivity contribution in [1.82, 2.24) is 4.57 Å². The molecule has 26 heavy (non-hydrogen) atoms. The second-order valence-corrected chi connectivity index (χ2v) is 8.50. The molecule has 0 aliphatic carbocycles. The lowest BCUT2D eigenvalue weighted by molar-refractivity contribution is 0.0906. The van der Waals surface area contributed by atoms with Gasteiger partial charge < -0.3 is 5.73 Å². The molecule has 1 atom stereocenters. The van der Waals surface area contributed by atoms with Gasteiger partial charge in [-0.15, -0.1) is 22.7 Å². The molecular formula is C18H10N4OS3. The highest BCUT2D eigenvalue weighted by Crippen LogP contribution is 2.40. The molecule has 0 saturated heterocycles. The van der Waals surface area contributed by atoms with E-state index in [9.17, 15) is 15.3 Å². The average molecular weight is 395 g/mol. The molecule has 0 saturated carbocycles. The Kier molecular flexibility index (Phi) is 4.17. The van der Waals surface area contributed by atoms with Crippen molar-refractivity contribution in [3.05, 3.63) is 61.0 Å². The Morgan fingerprint density at radius 3 is 2.54 bits per heavy atom. The molecule has 0 bridgehead atoms. The largest absolute Gasteiger partial charge is 0.396 e. The Morgan fingerprint density at radius 2 is 1.92 bits per heavy atom. The van der Waals surface area contributed by atoms with Crippen molar-refractivity contribution in [3.8, 4) is 12.1 Å². The number of nitrogen functional groups attached to an aromatic ring is 1. The number of carbonyl (C=O) groups is 1. The fourth-order valence-corrected chi connectivity index (χ4v) is 5.53. The monoisotopic (exact) mass is 394 g/mol. The van der Waals surface area contributed by atoms with Gasteiger partial charge in [0.25, 0.3) is 5.91 Å². The maximum absolute atomic E-state index is 13.1. The lowest BCUT2D eigenvalue weighted by Crippen LogP contribution is -2.40. The molecule has 0 unspecified atom stereocenters. The van der Waals surface area contributed by atoms with E-state index in [1.54, 1.807) is 0 Å². The minimum Gasteiger partial charge on any atom is -0.396 e. The van der Waals surface area contributed by atoms with Gasteiger partial charge in [-0.25, -0.2) is 0 Å². The van der Waals surface area contributed by atoms with E-state index in [4.69, 9.17) is 5.73 Å². The summed E-state index contributed by atoms with van der Waals surface area (Å²) in [6, 6.07) is 11.8. The van der Waals surface area contributed by atoms with E-state index < -0.39 is 5.25 Å². The summed E-state index contributed by atoms with van der Waals surface area (Å²) in [6.45, 7) is 0. The van der Waals surface area contributed by atoms with E-state index in [-0.39, 0.29) is 17.3 Å². The van der Waals surface area contributed by atoms with Crippen molar-refractivity contribution in [2.75, 3.05) is 5.73 Å². The third kappa shape index (κ3) is 2.47. The molecule has 0 spiro atoms. The highest BCUT2D eigenvalue weighted by Gasteiger charge is 2.34. The van der Waals surface area contributed by atoms with Gasteiger partial charge in [0.05, 0.1) is 11.0 Å². The number of nitrogens with zero attached hydrogens (tertiary/aromatic N) is 3. The summed E-state index contributed by atoms with van der Waals surface area (Å²) in [5.41, 5.74) is 6.51. The van der Waals surface area contributed by atoms with Crippen molar-refractivity contribution in [2.45, 2.75) is 5.25 Å². The summed E-state index contributed by atoms with van der Waals surface area (Å²) in [5, 5.41) is 23.5. The molecule has 1 aliphatic rings. The molecule has 5 nitrogen and oxygen atoms in total. The Morgan fingerprint density at radius 1 is 1.15 bits per heavy atom. The van der Waals surface area contributed by atoms with Crippen LogP contribution in [0.2, 0.25) is 0 Å². The molecule has 1 aliphatic heterocycles. The molecule has 4 heterocycles. The maximum atomic E-state index is 13.1. The van der Waals surface area contributed by atoms with E-state index in [0.29, 0.717) is 15.5 Å². The smallest absolute Gasteiger partial charge is 0.251 e. The minimum absolute atomic E-state index is 0.0856. The van der Waals surface area contributed by atoms with Crippen LogP contribution in [0.5, 0.6) is 0 Å². The van der Waals surface area contributed by atoms with Gasteiger partial charge >= 0.3 is 0 Å². The van der Waals surface area contributed by atoms with Gasteiger partial charge in [-0.3, -0.25) is 9.36 Å². The lowest BCUT2D eigenvalue weighted by atomic mass is 10.2. The first-order valence-corrected chi connectivity index (χ1v) is 10.1. The second kappa shape index (κ2) is 6.50. The Balaban J connectivity index is 2.08. The van der Waals surface area contributed by atoms with Gasteiger partial charge in [-0.05, 0) is 29.0 Å². The highest BCUT2D eigenvalue weighted by atomic mass is 32.2. The number of anilines is 1. The zero-order chi connectivity index (χ0) is 18.3. The summed E-state index contributed by atoms with van der Waals surface area (Å²) in [5.74, 6) is -0.250. The topological polar surface area (TPSA) is 95.6 Å². The van der Waals surface area contributed by atoms with Crippen molar-refractivity contribution < 1.29 is 4.79 Å². The van der Waals surface area contributed by atoms with Crippen LogP contribution in [0.25, 0.3) is 11.0 Å². The van der Waals surface area contributed by atoms with Crippen LogP contribution in [0.15, 0.2) is 35.0 Å². The molecule has 0 radical (unpaired) electrons. The number of nitriles is 2. The fourth-order valence-electron chi connectivity index (χ4n) is 2.86. The summed E-state index contributed by atoms with van der Waals surface area (Å²) in [6.07, 6.45) is 1.82. The number of carbonyl (C=O) groups excluding carboxylic acids is 1. The molecule has 126 valence electrons. The molecule has 0 aromatic carbocycles. The average Bonchev–Trinajstić information content (AvgIpc) is 3.38. The van der Waals surface area contributed by atoms with Gasteiger partial charge in [-0.2, -0.15) is 10.5 Å². The van der Waals surface area contributed by atoms with E-state index in [1.807, 2.05) is 47.2 Å². The molecule has 0 fully saturated rings. The Hall–Kier alpha value is -2.78. The van der Waals surface area contributed by atoms with Crippen LogP contribution in [-0.2, 0) is 0 Å². The molecule has 2 N–H and O–H groups in total. The van der Waals surface area contributed by atoms with Crippen LogP contribution < -0.4 is 16.3 Å². The molecule has 8 heteroatoms. The first-order chi connectivity index (χ1) is 12.7. The van der Waals surface area contributed by atoms with E-state index in [0.717, 1.165) is 9.75 Å². The normalized spacial score (nSPS) is 17.0. The lowest BCUT2D eigenvalue weighted by Gasteiger charge is -2.19. The minimum atomic E-state index is -0.550. The third-order valence-electron chi connectivity index (χ3n) is 3.98. The number of rotatable bonds is 2. The van der Waals surface area contributed by atoms with Crippen LogP contribution in [0.1, 0.15) is 25.5 Å². The predicted molar refractivity (Wildman–Crippen MR) is 105 cm³/mol. The quantitative estimate of drug-likeness (QED) is 0.721. The highest BCUT2D eigenvalue weighted by molar-refractivity contribution is 8.09. The number of hydrogen-bond acceptors (Lipinski definition) is 7. The summed E-state index contributed by atoms with van der Waals surface area (Å²) in [7, 11) is 0. The third-order valence-corrected chi connectivity index (χ3v) is 7.10. The number of fused-ring (bicyclic) bond motifs is 1. The molecule has 3 aromatic heterocycles. The standard InChI is InChI=1S/C18H10N4OS3/c19-8-12-15(21)11(7-10-3-1-5-24-10)16-14(9-20)26-17(18(23)22(12)16)13-4-2-6-25-13/h1-7,17H,21H2/b11-7+/t17-/m0/s1. The maximum Gasteiger partial charge on any atom is 0.251 e. The number of nitrogens with two attached hydrogens (primary N) is 1. The van der Waals surface area contributed by atoms with Crippen LogP contribution >= 0.6 is 34.4 Å². The number of aromatic nitrogens is 1. The SMILES string of the molecule is N#CC1=c2/c(=C/c3cccs3)c(N)c(C#N)n2C(=O)[C@H](c2cccs2)S1. The van der Waals surface area contributed by atoms with Gasteiger partial charge in [0.1, 0.15) is 22.3 Å². The Labute approximate surface area is 160 Å². The zero-order valence-corrected chi connectivity index (χ0v) is 15.6. The zero-order valence-electron chi connectivity index (χ0n) is 13.2. The summed E-state index contributed by atoms with van der Waals surface area (Å²) >= 11 is 4.18. The van der Waals surface area contributed by atoms with Crippen molar-refractivity contribution in [2.24, 2.45) is 0 Å². The second-order valence-electron chi connectivity index (χ2n) is 5.42. The van der Waals surface area contributed by atoms with Crippen LogP contribution in [0.4, 0.5) is 5.69 Å². The summed E-state index contributed by atoms with van der Waals surface area (Å²) in [4.78, 5) is 15.3. The van der Waals surface area contributed by atoms with Gasteiger partial charge in [0, 0.05) is 15.0 Å². The molecular weight excluding hydrogens is 384 g/mol. The van der Waals surface area contributed by atoms with Gasteiger partial charge in [-0.1, -0.05) is 23.9 Å². The van der Waals surface area contributed by atoms with Crippen molar-refractivity contribution in [1.29, 1.82) is 10.5 Å². The van der Waals surface area contributed by atoms with Crippen molar-refractivity contribution in [3.63, 3.8) is 0 Å². The van der Waals surface area contributed by atoms with Crippen molar-refractivity contribution >= 4 is 57.0 Å². The van der Waals surface area contributed by atoms with E-state index in [1.165, 1.54) is 39.0 Å². The summed E-state index contributed by atoms with van der Waals surface area (Å²) < 4.78 is 1.31. The Bertz CT molecular complexity index is 1210. The molecule has 3 aromatic rings. The van der Waals surface area contributed by atoms with Crippen LogP contribution in [0, 0.1) is 22.7 Å². The molecule has 0 amide bonds. The van der Waals surface area contributed by atoms with Gasteiger partial charge in [0.15, 0.2) is 5.69 Å². The molecule has 4 rings (SSSR count). The fraction of sp³-hybridized carbons (Fsp3) is 0.0556. The first-order valence-electron chi connectivity index (χ1n) is 7.50. The number of thiophene rings is 2. The van der Waals surface area contributed by atoms with Gasteiger partial charge in [0.2, 0.25) is 0 Å².